The Morgan fingerprint density at radius 1 is 1.20 bits per heavy atom. The standard InChI is InChI=1S/C15H16Br2N2S/c1-2-7-18-9-11-3-5-13(8-14(11)17)20-15-6-4-12(16)10-19-15/h3-6,8,10,18H,2,7,9H2,1H3. The number of nitrogens with one attached hydrogen (secondary N) is 1. The van der Waals surface area contributed by atoms with E-state index in [2.05, 4.69) is 67.3 Å². The maximum absolute atomic E-state index is 4.37. The molecule has 0 aliphatic carbocycles. The molecule has 0 aliphatic rings. The molecule has 0 fully saturated rings. The van der Waals surface area contributed by atoms with Gasteiger partial charge >= 0.3 is 0 Å². The predicted octanol–water partition coefficient (Wildman–Crippen LogP) is 5.26. The van der Waals surface area contributed by atoms with E-state index in [0.717, 1.165) is 33.5 Å². The third-order valence-electron chi connectivity index (χ3n) is 2.69. The Hall–Kier alpha value is -0.360. The third-order valence-corrected chi connectivity index (χ3v) is 4.84. The molecular weight excluding hydrogens is 400 g/mol. The number of hydrogen-bond donors (Lipinski definition) is 1. The van der Waals surface area contributed by atoms with Crippen molar-refractivity contribution in [3.05, 3.63) is 51.0 Å². The van der Waals surface area contributed by atoms with Gasteiger partial charge in [-0.05, 0) is 58.7 Å². The zero-order valence-electron chi connectivity index (χ0n) is 11.2. The van der Waals surface area contributed by atoms with Crippen molar-refractivity contribution in [3.63, 3.8) is 0 Å². The number of hydrogen-bond acceptors (Lipinski definition) is 3. The fraction of sp³-hybridized carbons (Fsp3) is 0.267. The quantitative estimate of drug-likeness (QED) is 0.651. The van der Waals surface area contributed by atoms with Crippen molar-refractivity contribution in [2.24, 2.45) is 0 Å². The molecule has 0 radical (unpaired) electrons. The Bertz CT molecular complexity index is 558. The van der Waals surface area contributed by atoms with E-state index >= 15 is 0 Å². The Morgan fingerprint density at radius 3 is 2.70 bits per heavy atom. The summed E-state index contributed by atoms with van der Waals surface area (Å²) in [7, 11) is 0. The highest BCUT2D eigenvalue weighted by molar-refractivity contribution is 9.10. The molecule has 0 aliphatic heterocycles. The molecule has 1 N–H and O–H groups in total. The van der Waals surface area contributed by atoms with Gasteiger partial charge in [-0.3, -0.25) is 0 Å². The molecule has 106 valence electrons. The fourth-order valence-corrected chi connectivity index (χ4v) is 3.38. The monoisotopic (exact) mass is 414 g/mol. The summed E-state index contributed by atoms with van der Waals surface area (Å²) in [6, 6.07) is 10.5. The van der Waals surface area contributed by atoms with E-state index in [0.29, 0.717) is 0 Å². The molecule has 0 spiro atoms. The minimum absolute atomic E-state index is 0.899. The minimum Gasteiger partial charge on any atom is -0.313 e. The third kappa shape index (κ3) is 4.88. The summed E-state index contributed by atoms with van der Waals surface area (Å²) in [5, 5.41) is 4.41. The fourth-order valence-electron chi connectivity index (χ4n) is 1.68. The van der Waals surface area contributed by atoms with Crippen molar-refractivity contribution < 1.29 is 0 Å². The second kappa shape index (κ2) is 8.17. The Kier molecular flexibility index (Phi) is 6.55. The van der Waals surface area contributed by atoms with Crippen LogP contribution in [-0.4, -0.2) is 11.5 Å². The van der Waals surface area contributed by atoms with Gasteiger partial charge in [-0.15, -0.1) is 0 Å². The number of rotatable bonds is 6. The summed E-state index contributed by atoms with van der Waals surface area (Å²) in [5.74, 6) is 0. The first-order chi connectivity index (χ1) is 9.69. The molecule has 0 saturated heterocycles. The van der Waals surface area contributed by atoms with Gasteiger partial charge in [-0.1, -0.05) is 40.7 Å². The normalized spacial score (nSPS) is 10.8. The van der Waals surface area contributed by atoms with Gasteiger partial charge in [-0.25, -0.2) is 4.98 Å². The maximum atomic E-state index is 4.37. The molecule has 0 amide bonds. The summed E-state index contributed by atoms with van der Waals surface area (Å²) in [6.07, 6.45) is 2.97. The van der Waals surface area contributed by atoms with E-state index in [-0.39, 0.29) is 0 Å². The van der Waals surface area contributed by atoms with Crippen LogP contribution in [0, 0.1) is 0 Å². The van der Waals surface area contributed by atoms with Crippen LogP contribution in [0.1, 0.15) is 18.9 Å². The molecule has 0 unspecified atom stereocenters. The van der Waals surface area contributed by atoms with Crippen LogP contribution in [-0.2, 0) is 6.54 Å². The Labute approximate surface area is 141 Å². The van der Waals surface area contributed by atoms with Crippen molar-refractivity contribution in [2.45, 2.75) is 29.8 Å². The number of halogens is 2. The van der Waals surface area contributed by atoms with Gasteiger partial charge in [0.15, 0.2) is 0 Å². The van der Waals surface area contributed by atoms with Crippen molar-refractivity contribution in [1.82, 2.24) is 10.3 Å². The molecule has 0 saturated carbocycles. The summed E-state index contributed by atoms with van der Waals surface area (Å²) in [4.78, 5) is 5.56. The van der Waals surface area contributed by atoms with Crippen LogP contribution in [0.2, 0.25) is 0 Å². The molecule has 1 heterocycles. The number of aromatic nitrogens is 1. The number of nitrogens with zero attached hydrogens (tertiary/aromatic N) is 1. The van der Waals surface area contributed by atoms with E-state index < -0.39 is 0 Å². The smallest absolute Gasteiger partial charge is 0.101 e. The number of benzene rings is 1. The lowest BCUT2D eigenvalue weighted by Crippen LogP contribution is -2.14. The van der Waals surface area contributed by atoms with E-state index in [1.807, 2.05) is 18.3 Å². The van der Waals surface area contributed by atoms with Crippen LogP contribution in [0.4, 0.5) is 0 Å². The average Bonchev–Trinajstić information content (AvgIpc) is 2.44. The van der Waals surface area contributed by atoms with Crippen LogP contribution >= 0.6 is 43.6 Å². The lowest BCUT2D eigenvalue weighted by molar-refractivity contribution is 0.673. The van der Waals surface area contributed by atoms with Gasteiger partial charge in [0.2, 0.25) is 0 Å². The van der Waals surface area contributed by atoms with E-state index in [1.165, 1.54) is 10.5 Å². The zero-order valence-corrected chi connectivity index (χ0v) is 15.2. The molecule has 2 rings (SSSR count). The Morgan fingerprint density at radius 2 is 2.05 bits per heavy atom. The van der Waals surface area contributed by atoms with E-state index in [1.54, 1.807) is 11.8 Å². The lowest BCUT2D eigenvalue weighted by atomic mass is 10.2. The highest BCUT2D eigenvalue weighted by Gasteiger charge is 2.04. The van der Waals surface area contributed by atoms with Crippen molar-refractivity contribution in [2.75, 3.05) is 6.54 Å². The maximum Gasteiger partial charge on any atom is 0.101 e. The molecule has 2 aromatic rings. The first-order valence-corrected chi connectivity index (χ1v) is 8.88. The van der Waals surface area contributed by atoms with Crippen LogP contribution in [0.5, 0.6) is 0 Å². The van der Waals surface area contributed by atoms with Gasteiger partial charge < -0.3 is 5.32 Å². The summed E-state index contributed by atoms with van der Waals surface area (Å²) < 4.78 is 2.14. The van der Waals surface area contributed by atoms with Crippen molar-refractivity contribution in [1.29, 1.82) is 0 Å². The van der Waals surface area contributed by atoms with Gasteiger partial charge in [-0.2, -0.15) is 0 Å². The SMILES string of the molecule is CCCNCc1ccc(Sc2ccc(Br)cn2)cc1Br. The molecule has 2 nitrogen and oxygen atoms in total. The molecule has 20 heavy (non-hydrogen) atoms. The first-order valence-electron chi connectivity index (χ1n) is 6.47. The minimum atomic E-state index is 0.899. The second-order valence-corrected chi connectivity index (χ2v) is 7.21. The molecule has 0 bridgehead atoms. The van der Waals surface area contributed by atoms with Crippen LogP contribution in [0.25, 0.3) is 0 Å². The highest BCUT2D eigenvalue weighted by Crippen LogP contribution is 2.30. The van der Waals surface area contributed by atoms with Crippen LogP contribution in [0.15, 0.2) is 55.4 Å². The first kappa shape index (κ1) is 16.0. The highest BCUT2D eigenvalue weighted by atomic mass is 79.9. The molecule has 0 atom stereocenters. The largest absolute Gasteiger partial charge is 0.313 e. The van der Waals surface area contributed by atoms with Gasteiger partial charge in [0.1, 0.15) is 5.03 Å². The molecular formula is C15H16Br2N2S. The van der Waals surface area contributed by atoms with Gasteiger partial charge in [0.05, 0.1) is 0 Å². The number of pyridine rings is 1. The second-order valence-electron chi connectivity index (χ2n) is 4.35. The van der Waals surface area contributed by atoms with Crippen molar-refractivity contribution >= 4 is 43.6 Å². The van der Waals surface area contributed by atoms with E-state index in [4.69, 9.17) is 0 Å². The van der Waals surface area contributed by atoms with Crippen LogP contribution < -0.4 is 5.32 Å². The lowest BCUT2D eigenvalue weighted by Gasteiger charge is -2.08. The summed E-state index contributed by atoms with van der Waals surface area (Å²) in [6.45, 7) is 4.12. The predicted molar refractivity (Wildman–Crippen MR) is 92.2 cm³/mol. The molecule has 1 aromatic carbocycles. The summed E-state index contributed by atoms with van der Waals surface area (Å²) in [5.41, 5.74) is 1.28. The summed E-state index contributed by atoms with van der Waals surface area (Å²) >= 11 is 8.70. The van der Waals surface area contributed by atoms with Crippen molar-refractivity contribution in [3.8, 4) is 0 Å². The molecule has 1 aromatic heterocycles. The Balaban J connectivity index is 2.03. The molecule has 5 heteroatoms. The average molecular weight is 416 g/mol. The van der Waals surface area contributed by atoms with E-state index in [9.17, 15) is 0 Å². The van der Waals surface area contributed by atoms with Gasteiger partial charge in [0.25, 0.3) is 0 Å². The topological polar surface area (TPSA) is 24.9 Å². The van der Waals surface area contributed by atoms with Gasteiger partial charge in [0, 0.05) is 26.6 Å². The van der Waals surface area contributed by atoms with Crippen LogP contribution in [0.3, 0.4) is 0 Å². The zero-order chi connectivity index (χ0) is 14.4.